The van der Waals surface area contributed by atoms with Crippen LogP contribution in [-0.4, -0.2) is 28.9 Å². The van der Waals surface area contributed by atoms with Gasteiger partial charge in [0, 0.05) is 23.0 Å². The summed E-state index contributed by atoms with van der Waals surface area (Å²) in [5.41, 5.74) is 0.981. The van der Waals surface area contributed by atoms with Gasteiger partial charge in [-0.1, -0.05) is 11.6 Å². The average molecular weight is 386 g/mol. The lowest BCUT2D eigenvalue weighted by Gasteiger charge is -2.19. The fraction of sp³-hybridized carbons (Fsp3) is 0.158. The van der Waals surface area contributed by atoms with E-state index in [1.54, 1.807) is 54.7 Å². The number of halogens is 1. The number of benzene rings is 2. The molecule has 138 valence electrons. The predicted octanol–water partition coefficient (Wildman–Crippen LogP) is 3.60. The van der Waals surface area contributed by atoms with Crippen molar-refractivity contribution in [1.82, 2.24) is 9.78 Å². The summed E-state index contributed by atoms with van der Waals surface area (Å²) in [4.78, 5) is 12.6. The summed E-state index contributed by atoms with van der Waals surface area (Å²) in [6, 6.07) is 13.9. The smallest absolute Gasteiger partial charge is 0.274 e. The summed E-state index contributed by atoms with van der Waals surface area (Å²) in [6.07, 6.45) is 1.55. The Hall–Kier alpha value is -3.19. The van der Waals surface area contributed by atoms with Gasteiger partial charge in [-0.25, -0.2) is 4.68 Å². The molecule has 4 rings (SSSR count). The molecule has 2 aromatic carbocycles. The molecule has 0 bridgehead atoms. The van der Waals surface area contributed by atoms with Gasteiger partial charge in [0.25, 0.3) is 5.91 Å². The van der Waals surface area contributed by atoms with Crippen LogP contribution in [0.1, 0.15) is 10.5 Å². The molecule has 7 nitrogen and oxygen atoms in total. The molecule has 0 saturated carbocycles. The van der Waals surface area contributed by atoms with Gasteiger partial charge in [-0.3, -0.25) is 4.79 Å². The second kappa shape index (κ2) is 7.59. The number of rotatable bonds is 5. The van der Waals surface area contributed by atoms with Gasteiger partial charge in [-0.05, 0) is 42.5 Å². The third kappa shape index (κ3) is 3.98. The first-order valence-corrected chi connectivity index (χ1v) is 8.68. The predicted molar refractivity (Wildman–Crippen MR) is 99.7 cm³/mol. The summed E-state index contributed by atoms with van der Waals surface area (Å²) in [5.74, 6) is 1.61. The van der Waals surface area contributed by atoms with Gasteiger partial charge in [0.05, 0.1) is 0 Å². The van der Waals surface area contributed by atoms with Gasteiger partial charge >= 0.3 is 0 Å². The van der Waals surface area contributed by atoms with E-state index in [1.807, 2.05) is 0 Å². The van der Waals surface area contributed by atoms with Gasteiger partial charge in [0.15, 0.2) is 18.2 Å². The van der Waals surface area contributed by atoms with E-state index in [2.05, 4.69) is 10.4 Å². The van der Waals surface area contributed by atoms with E-state index in [0.717, 1.165) is 0 Å². The number of carbonyl (C=O) groups is 1. The molecule has 0 radical (unpaired) electrons. The molecular weight excluding hydrogens is 370 g/mol. The van der Waals surface area contributed by atoms with Gasteiger partial charge in [-0.2, -0.15) is 5.10 Å². The van der Waals surface area contributed by atoms with Crippen molar-refractivity contribution in [1.29, 1.82) is 0 Å². The Kier molecular flexibility index (Phi) is 4.84. The number of nitrogens with one attached hydrogen (secondary N) is 1. The van der Waals surface area contributed by atoms with E-state index in [-0.39, 0.29) is 12.6 Å². The number of hydrogen-bond donors (Lipinski definition) is 1. The lowest BCUT2D eigenvalue weighted by atomic mass is 10.2. The molecule has 0 saturated heterocycles. The van der Waals surface area contributed by atoms with Crippen LogP contribution in [0.2, 0.25) is 5.02 Å². The third-order valence-electron chi connectivity index (χ3n) is 3.92. The first-order valence-electron chi connectivity index (χ1n) is 8.30. The highest BCUT2D eigenvalue weighted by molar-refractivity contribution is 6.30. The van der Waals surface area contributed by atoms with Crippen LogP contribution in [0.3, 0.4) is 0 Å². The molecule has 1 aliphatic rings. The molecular formula is C19H16ClN3O4. The highest BCUT2D eigenvalue weighted by Crippen LogP contribution is 2.32. The second-order valence-electron chi connectivity index (χ2n) is 5.76. The molecule has 27 heavy (non-hydrogen) atoms. The van der Waals surface area contributed by atoms with Crippen molar-refractivity contribution < 1.29 is 19.0 Å². The van der Waals surface area contributed by atoms with Crippen LogP contribution in [0.5, 0.6) is 17.2 Å². The van der Waals surface area contributed by atoms with Gasteiger partial charge in [-0.15, -0.1) is 0 Å². The Balaban J connectivity index is 1.43. The van der Waals surface area contributed by atoms with Gasteiger partial charge < -0.3 is 19.5 Å². The Morgan fingerprint density at radius 3 is 2.70 bits per heavy atom. The van der Waals surface area contributed by atoms with E-state index in [9.17, 15) is 4.79 Å². The van der Waals surface area contributed by atoms with Crippen molar-refractivity contribution in [2.24, 2.45) is 0 Å². The molecule has 0 spiro atoms. The maximum Gasteiger partial charge on any atom is 0.274 e. The number of carbonyl (C=O) groups excluding carboxylic acids is 1. The van der Waals surface area contributed by atoms with Crippen LogP contribution in [0.15, 0.2) is 54.7 Å². The van der Waals surface area contributed by atoms with E-state index in [4.69, 9.17) is 25.8 Å². The molecule has 2 heterocycles. The van der Waals surface area contributed by atoms with Crippen molar-refractivity contribution in [3.63, 3.8) is 0 Å². The lowest BCUT2D eigenvalue weighted by Crippen LogP contribution is -2.20. The standard InChI is InChI=1S/C19H16ClN3O4/c20-13-1-4-15(5-2-13)27-12-23-16(7-8-21-23)19(24)22-14-3-6-17-18(11-14)26-10-9-25-17/h1-8,11H,9-10,12H2,(H,22,24). The topological polar surface area (TPSA) is 74.6 Å². The number of anilines is 1. The number of hydrogen-bond acceptors (Lipinski definition) is 5. The molecule has 0 atom stereocenters. The number of fused-ring (bicyclic) bond motifs is 1. The van der Waals surface area contributed by atoms with Crippen LogP contribution < -0.4 is 19.5 Å². The number of amides is 1. The number of aromatic nitrogens is 2. The van der Waals surface area contributed by atoms with Crippen LogP contribution >= 0.6 is 11.6 Å². The highest BCUT2D eigenvalue weighted by atomic mass is 35.5. The zero-order chi connectivity index (χ0) is 18.6. The molecule has 1 aromatic heterocycles. The summed E-state index contributed by atoms with van der Waals surface area (Å²) in [6.45, 7) is 1.10. The van der Waals surface area contributed by atoms with Crippen molar-refractivity contribution in [2.75, 3.05) is 18.5 Å². The maximum atomic E-state index is 12.6. The largest absolute Gasteiger partial charge is 0.486 e. The Labute approximate surface area is 160 Å². The molecule has 0 aliphatic carbocycles. The van der Waals surface area contributed by atoms with Crippen molar-refractivity contribution in [3.8, 4) is 17.2 Å². The Bertz CT molecular complexity index is 956. The molecule has 0 fully saturated rings. The highest BCUT2D eigenvalue weighted by Gasteiger charge is 2.16. The van der Waals surface area contributed by atoms with Crippen LogP contribution in [0.4, 0.5) is 5.69 Å². The summed E-state index contributed by atoms with van der Waals surface area (Å²) >= 11 is 5.86. The first-order chi connectivity index (χ1) is 13.2. The summed E-state index contributed by atoms with van der Waals surface area (Å²) < 4.78 is 18.1. The zero-order valence-electron chi connectivity index (χ0n) is 14.2. The Morgan fingerprint density at radius 1 is 1.11 bits per heavy atom. The van der Waals surface area contributed by atoms with Crippen LogP contribution in [0.25, 0.3) is 0 Å². The summed E-state index contributed by atoms with van der Waals surface area (Å²) in [7, 11) is 0. The van der Waals surface area contributed by atoms with E-state index < -0.39 is 0 Å². The summed E-state index contributed by atoms with van der Waals surface area (Å²) in [5, 5.41) is 7.60. The first kappa shape index (κ1) is 17.2. The molecule has 1 N–H and O–H groups in total. The number of ether oxygens (including phenoxy) is 3. The minimum Gasteiger partial charge on any atom is -0.486 e. The van der Waals surface area contributed by atoms with Crippen molar-refractivity contribution in [3.05, 3.63) is 65.4 Å². The van der Waals surface area contributed by atoms with Crippen molar-refractivity contribution >= 4 is 23.2 Å². The maximum absolute atomic E-state index is 12.6. The molecule has 8 heteroatoms. The van der Waals surface area contributed by atoms with Crippen molar-refractivity contribution in [2.45, 2.75) is 6.73 Å². The SMILES string of the molecule is O=C(Nc1ccc2c(c1)OCCO2)c1ccnn1COc1ccc(Cl)cc1. The normalized spacial score (nSPS) is 12.5. The molecule has 0 unspecified atom stereocenters. The number of nitrogens with zero attached hydrogens (tertiary/aromatic N) is 2. The van der Waals surface area contributed by atoms with Gasteiger partial charge in [0.1, 0.15) is 24.7 Å². The van der Waals surface area contributed by atoms with Crippen LogP contribution in [-0.2, 0) is 6.73 Å². The molecule has 3 aromatic rings. The average Bonchev–Trinajstić information content (AvgIpc) is 3.16. The van der Waals surface area contributed by atoms with E-state index in [1.165, 1.54) is 4.68 Å². The zero-order valence-corrected chi connectivity index (χ0v) is 15.0. The van der Waals surface area contributed by atoms with Gasteiger partial charge in [0.2, 0.25) is 0 Å². The van der Waals surface area contributed by atoms with Crippen LogP contribution in [0, 0.1) is 0 Å². The third-order valence-corrected chi connectivity index (χ3v) is 4.17. The molecule has 1 amide bonds. The fourth-order valence-electron chi connectivity index (χ4n) is 2.61. The quantitative estimate of drug-likeness (QED) is 0.726. The fourth-order valence-corrected chi connectivity index (χ4v) is 2.74. The van der Waals surface area contributed by atoms with E-state index in [0.29, 0.717) is 46.9 Å². The second-order valence-corrected chi connectivity index (χ2v) is 6.19. The minimum atomic E-state index is -0.302. The lowest BCUT2D eigenvalue weighted by molar-refractivity contribution is 0.100. The van der Waals surface area contributed by atoms with E-state index >= 15 is 0 Å². The molecule has 1 aliphatic heterocycles. The monoisotopic (exact) mass is 385 g/mol. The minimum absolute atomic E-state index is 0.0958. The Morgan fingerprint density at radius 2 is 1.89 bits per heavy atom.